The molecule has 0 aliphatic heterocycles. The van der Waals surface area contributed by atoms with Gasteiger partial charge in [-0.1, -0.05) is 80.9 Å². The van der Waals surface area contributed by atoms with Crippen LogP contribution >= 0.6 is 11.6 Å². The summed E-state index contributed by atoms with van der Waals surface area (Å²) in [5.41, 5.74) is 2.79. The summed E-state index contributed by atoms with van der Waals surface area (Å²) in [5, 5.41) is 3.29. The molecule has 3 aromatic rings. The van der Waals surface area contributed by atoms with Crippen LogP contribution < -0.4 is 9.62 Å². The van der Waals surface area contributed by atoms with Crippen molar-refractivity contribution in [2.75, 3.05) is 17.4 Å². The molecule has 1 N–H and O–H groups in total. The maximum Gasteiger partial charge on any atom is 0.264 e. The molecule has 0 spiro atoms. The summed E-state index contributed by atoms with van der Waals surface area (Å²) in [4.78, 5) is 29.0. The predicted molar refractivity (Wildman–Crippen MR) is 161 cm³/mol. The van der Waals surface area contributed by atoms with Crippen LogP contribution in [0.4, 0.5) is 5.69 Å². The largest absolute Gasteiger partial charge is 0.354 e. The maximum atomic E-state index is 14.2. The molecule has 0 saturated carbocycles. The van der Waals surface area contributed by atoms with E-state index in [0.717, 1.165) is 15.4 Å². The van der Waals surface area contributed by atoms with E-state index in [9.17, 15) is 18.0 Å². The molecule has 0 heterocycles. The van der Waals surface area contributed by atoms with Crippen molar-refractivity contribution in [1.29, 1.82) is 0 Å². The third-order valence-corrected chi connectivity index (χ3v) is 8.73. The molecule has 7 nitrogen and oxygen atoms in total. The Morgan fingerprint density at radius 1 is 0.925 bits per heavy atom. The van der Waals surface area contributed by atoms with Crippen LogP contribution in [-0.2, 0) is 26.2 Å². The topological polar surface area (TPSA) is 86.8 Å². The molecule has 214 valence electrons. The summed E-state index contributed by atoms with van der Waals surface area (Å²) in [6.45, 7) is 9.68. The zero-order chi connectivity index (χ0) is 29.4. The first-order valence-corrected chi connectivity index (χ1v) is 15.2. The van der Waals surface area contributed by atoms with Gasteiger partial charge in [-0.05, 0) is 67.1 Å². The molecule has 0 aromatic heterocycles. The number of nitrogens with zero attached hydrogens (tertiary/aromatic N) is 2. The quantitative estimate of drug-likeness (QED) is 0.295. The number of aryl methyl sites for hydroxylation is 2. The van der Waals surface area contributed by atoms with E-state index < -0.39 is 28.5 Å². The number of rotatable bonds is 12. The number of amides is 2. The smallest absolute Gasteiger partial charge is 0.264 e. The number of benzene rings is 3. The summed E-state index contributed by atoms with van der Waals surface area (Å²) in [6, 6.07) is 19.8. The first-order valence-electron chi connectivity index (χ1n) is 13.4. The molecule has 3 rings (SSSR count). The van der Waals surface area contributed by atoms with Gasteiger partial charge in [0.15, 0.2) is 0 Å². The zero-order valence-electron chi connectivity index (χ0n) is 23.7. The SMILES string of the molecule is CC[C@H](C(=O)NCC(C)C)N(Cc1ccccc1C)C(=O)CN(c1cc(Cl)ccc1C)S(=O)(=O)c1ccccc1. The fourth-order valence-corrected chi connectivity index (χ4v) is 6.06. The molecule has 0 fully saturated rings. The molecular weight excluding hydrogens is 546 g/mol. The molecule has 0 saturated heterocycles. The number of halogens is 1. The summed E-state index contributed by atoms with van der Waals surface area (Å²) >= 11 is 6.29. The monoisotopic (exact) mass is 583 g/mol. The number of carbonyl (C=O) groups excluding carboxylic acids is 2. The minimum absolute atomic E-state index is 0.0503. The van der Waals surface area contributed by atoms with Gasteiger partial charge in [0.25, 0.3) is 10.0 Å². The van der Waals surface area contributed by atoms with Gasteiger partial charge in [-0.25, -0.2) is 8.42 Å². The highest BCUT2D eigenvalue weighted by Crippen LogP contribution is 2.30. The van der Waals surface area contributed by atoms with E-state index in [2.05, 4.69) is 5.32 Å². The first-order chi connectivity index (χ1) is 18.9. The fourth-order valence-electron chi connectivity index (χ4n) is 4.40. The highest BCUT2D eigenvalue weighted by molar-refractivity contribution is 7.92. The van der Waals surface area contributed by atoms with Crippen LogP contribution in [0.5, 0.6) is 0 Å². The first kappa shape index (κ1) is 31.2. The molecule has 9 heteroatoms. The van der Waals surface area contributed by atoms with Crippen molar-refractivity contribution in [1.82, 2.24) is 10.2 Å². The standard InChI is InChI=1S/C31H38ClN3O4S/c1-6-28(31(37)33-19-22(2)3)34(20-25-13-11-10-12-23(25)4)30(36)21-35(29-18-26(32)17-16-24(29)5)40(38,39)27-14-8-7-9-15-27/h7-18,22,28H,6,19-21H2,1-5H3,(H,33,37)/t28-/m1/s1. The molecule has 0 bridgehead atoms. The van der Waals surface area contributed by atoms with Crippen molar-refractivity contribution in [2.24, 2.45) is 5.92 Å². The van der Waals surface area contributed by atoms with E-state index >= 15 is 0 Å². The molecule has 0 aliphatic carbocycles. The Balaban J connectivity index is 2.09. The Hall–Kier alpha value is -3.36. The van der Waals surface area contributed by atoms with E-state index in [1.165, 1.54) is 17.0 Å². The second-order valence-electron chi connectivity index (χ2n) is 10.3. The van der Waals surface area contributed by atoms with Crippen LogP contribution in [0.3, 0.4) is 0 Å². The molecule has 2 amide bonds. The van der Waals surface area contributed by atoms with Crippen LogP contribution in [0.15, 0.2) is 77.7 Å². The predicted octanol–water partition coefficient (Wildman–Crippen LogP) is 5.73. The Morgan fingerprint density at radius 2 is 1.57 bits per heavy atom. The average Bonchev–Trinajstić information content (AvgIpc) is 2.93. The van der Waals surface area contributed by atoms with Gasteiger partial charge in [0.1, 0.15) is 12.6 Å². The van der Waals surface area contributed by atoms with Crippen LogP contribution in [0.1, 0.15) is 43.9 Å². The Kier molecular flexibility index (Phi) is 10.8. The van der Waals surface area contributed by atoms with E-state index in [-0.39, 0.29) is 23.3 Å². The normalized spacial score (nSPS) is 12.2. The van der Waals surface area contributed by atoms with Crippen molar-refractivity contribution < 1.29 is 18.0 Å². The number of sulfonamides is 1. The number of anilines is 1. The number of nitrogens with one attached hydrogen (secondary N) is 1. The van der Waals surface area contributed by atoms with E-state index in [4.69, 9.17) is 11.6 Å². The molecule has 40 heavy (non-hydrogen) atoms. The summed E-state index contributed by atoms with van der Waals surface area (Å²) in [6.07, 6.45) is 0.364. The molecule has 3 aromatic carbocycles. The summed E-state index contributed by atoms with van der Waals surface area (Å²) in [7, 11) is -4.15. The second-order valence-corrected chi connectivity index (χ2v) is 12.6. The third-order valence-electron chi connectivity index (χ3n) is 6.72. The van der Waals surface area contributed by atoms with E-state index in [0.29, 0.717) is 29.2 Å². The van der Waals surface area contributed by atoms with Gasteiger partial charge in [-0.2, -0.15) is 0 Å². The minimum atomic E-state index is -4.15. The van der Waals surface area contributed by atoms with Crippen LogP contribution in [0.25, 0.3) is 0 Å². The van der Waals surface area contributed by atoms with Crippen molar-refractivity contribution in [2.45, 2.75) is 58.5 Å². The van der Waals surface area contributed by atoms with Gasteiger partial charge < -0.3 is 10.2 Å². The minimum Gasteiger partial charge on any atom is -0.354 e. The Bertz CT molecular complexity index is 1430. The van der Waals surface area contributed by atoms with Gasteiger partial charge in [0.05, 0.1) is 10.6 Å². The number of hydrogen-bond acceptors (Lipinski definition) is 4. The lowest BCUT2D eigenvalue weighted by Gasteiger charge is -2.34. The molecule has 1 atom stereocenters. The number of hydrogen-bond donors (Lipinski definition) is 1. The van der Waals surface area contributed by atoms with Crippen molar-refractivity contribution in [3.8, 4) is 0 Å². The highest BCUT2D eigenvalue weighted by Gasteiger charge is 2.34. The van der Waals surface area contributed by atoms with Crippen LogP contribution in [0.2, 0.25) is 5.02 Å². The fraction of sp³-hybridized carbons (Fsp3) is 0.355. The van der Waals surface area contributed by atoms with Gasteiger partial charge in [0, 0.05) is 18.1 Å². The van der Waals surface area contributed by atoms with Crippen molar-refractivity contribution >= 4 is 39.1 Å². The van der Waals surface area contributed by atoms with E-state index in [1.54, 1.807) is 43.3 Å². The van der Waals surface area contributed by atoms with Gasteiger partial charge in [0.2, 0.25) is 11.8 Å². The lowest BCUT2D eigenvalue weighted by Crippen LogP contribution is -2.52. The Labute approximate surface area is 243 Å². The zero-order valence-corrected chi connectivity index (χ0v) is 25.3. The van der Waals surface area contributed by atoms with E-state index in [1.807, 2.05) is 52.0 Å². The van der Waals surface area contributed by atoms with Crippen molar-refractivity contribution in [3.05, 3.63) is 94.5 Å². The Morgan fingerprint density at radius 3 is 2.20 bits per heavy atom. The van der Waals surface area contributed by atoms with Gasteiger partial charge >= 0.3 is 0 Å². The lowest BCUT2D eigenvalue weighted by atomic mass is 10.1. The number of carbonyl (C=O) groups is 2. The molecule has 0 radical (unpaired) electrons. The maximum absolute atomic E-state index is 14.2. The summed E-state index contributed by atoms with van der Waals surface area (Å²) in [5.74, 6) is -0.525. The van der Waals surface area contributed by atoms with Gasteiger partial charge in [-0.3, -0.25) is 13.9 Å². The average molecular weight is 584 g/mol. The molecule has 0 unspecified atom stereocenters. The summed E-state index contributed by atoms with van der Waals surface area (Å²) < 4.78 is 29.0. The third kappa shape index (κ3) is 7.64. The molecular formula is C31H38ClN3O4S. The van der Waals surface area contributed by atoms with Crippen LogP contribution in [-0.4, -0.2) is 44.3 Å². The van der Waals surface area contributed by atoms with Gasteiger partial charge in [-0.15, -0.1) is 0 Å². The molecule has 0 aliphatic rings. The lowest BCUT2D eigenvalue weighted by molar-refractivity contribution is -0.140. The van der Waals surface area contributed by atoms with Crippen LogP contribution in [0, 0.1) is 19.8 Å². The van der Waals surface area contributed by atoms with Crippen molar-refractivity contribution in [3.63, 3.8) is 0 Å². The highest BCUT2D eigenvalue weighted by atomic mass is 35.5. The second kappa shape index (κ2) is 13.8.